The van der Waals surface area contributed by atoms with Crippen LogP contribution in [0.4, 0.5) is 0 Å². The van der Waals surface area contributed by atoms with Gasteiger partial charge in [0.2, 0.25) is 0 Å². The molecular formula is C20H30O4. The van der Waals surface area contributed by atoms with Crippen LogP contribution in [0.15, 0.2) is 60.8 Å². The van der Waals surface area contributed by atoms with Gasteiger partial charge in [0.1, 0.15) is 6.10 Å². The van der Waals surface area contributed by atoms with Gasteiger partial charge in [-0.05, 0) is 38.5 Å². The van der Waals surface area contributed by atoms with Crippen molar-refractivity contribution in [3.63, 3.8) is 0 Å². The van der Waals surface area contributed by atoms with Gasteiger partial charge in [0.05, 0.1) is 0 Å². The van der Waals surface area contributed by atoms with Crippen molar-refractivity contribution in [2.45, 2.75) is 58.0 Å². The second kappa shape index (κ2) is 17.4. The molecule has 0 amide bonds. The number of aliphatic carboxylic acids is 1. The fraction of sp³-hybridized carbons (Fsp3) is 0.450. The largest absolute Gasteiger partial charge is 0.481 e. The Morgan fingerprint density at radius 3 is 2.38 bits per heavy atom. The van der Waals surface area contributed by atoms with Gasteiger partial charge in [-0.2, -0.15) is 0 Å². The summed E-state index contributed by atoms with van der Waals surface area (Å²) in [5.74, 6) is -0.776. The molecule has 0 aromatic carbocycles. The molecule has 0 aliphatic heterocycles. The minimum atomic E-state index is -0.776. The summed E-state index contributed by atoms with van der Waals surface area (Å²) < 4.78 is 0. The maximum absolute atomic E-state index is 10.4. The van der Waals surface area contributed by atoms with Gasteiger partial charge in [0.25, 0.3) is 0 Å². The molecule has 0 saturated heterocycles. The molecule has 0 heterocycles. The van der Waals surface area contributed by atoms with Crippen LogP contribution in [-0.2, 0) is 9.68 Å². The van der Waals surface area contributed by atoms with E-state index in [2.05, 4.69) is 36.1 Å². The normalized spacial score (nSPS) is 14.1. The van der Waals surface area contributed by atoms with Crippen molar-refractivity contribution < 1.29 is 20.0 Å². The van der Waals surface area contributed by atoms with E-state index in [9.17, 15) is 4.79 Å². The van der Waals surface area contributed by atoms with Crippen LogP contribution in [0.5, 0.6) is 0 Å². The highest BCUT2D eigenvalue weighted by atomic mass is 17.1. The Morgan fingerprint density at radius 1 is 1.00 bits per heavy atom. The number of unbranched alkanes of at least 4 members (excludes halogenated alkanes) is 1. The van der Waals surface area contributed by atoms with E-state index >= 15 is 0 Å². The van der Waals surface area contributed by atoms with Gasteiger partial charge in [-0.1, -0.05) is 67.7 Å². The zero-order valence-corrected chi connectivity index (χ0v) is 14.5. The highest BCUT2D eigenvalue weighted by Crippen LogP contribution is 2.03. The minimum Gasteiger partial charge on any atom is -0.481 e. The molecule has 0 bridgehead atoms. The third kappa shape index (κ3) is 16.5. The molecule has 0 aliphatic carbocycles. The zero-order valence-electron chi connectivity index (χ0n) is 14.5. The van der Waals surface area contributed by atoms with Gasteiger partial charge >= 0.3 is 5.97 Å². The van der Waals surface area contributed by atoms with E-state index in [0.29, 0.717) is 19.3 Å². The fourth-order valence-electron chi connectivity index (χ4n) is 1.83. The lowest BCUT2D eigenvalue weighted by Crippen LogP contribution is -2.04. The van der Waals surface area contributed by atoms with E-state index in [1.54, 1.807) is 6.08 Å². The Hall–Kier alpha value is -1.91. The first-order valence-electron chi connectivity index (χ1n) is 8.51. The fourth-order valence-corrected chi connectivity index (χ4v) is 1.83. The Labute approximate surface area is 145 Å². The molecule has 2 N–H and O–H groups in total. The van der Waals surface area contributed by atoms with Crippen molar-refractivity contribution in [2.24, 2.45) is 0 Å². The van der Waals surface area contributed by atoms with E-state index in [1.807, 2.05) is 30.4 Å². The second-order valence-corrected chi connectivity index (χ2v) is 5.27. The van der Waals surface area contributed by atoms with Crippen LogP contribution in [0.3, 0.4) is 0 Å². The average molecular weight is 334 g/mol. The monoisotopic (exact) mass is 334 g/mol. The molecule has 24 heavy (non-hydrogen) atoms. The molecule has 4 heteroatoms. The third-order valence-electron chi connectivity index (χ3n) is 3.12. The summed E-state index contributed by atoms with van der Waals surface area (Å²) in [4.78, 5) is 14.7. The number of carboxylic acid groups (broad SMARTS) is 1. The molecule has 0 saturated carbocycles. The molecule has 0 radical (unpaired) electrons. The first-order valence-corrected chi connectivity index (χ1v) is 8.51. The van der Waals surface area contributed by atoms with Crippen LogP contribution in [0.2, 0.25) is 0 Å². The predicted molar refractivity (Wildman–Crippen MR) is 98.8 cm³/mol. The lowest BCUT2D eigenvalue weighted by molar-refractivity contribution is -0.264. The molecule has 4 nitrogen and oxygen atoms in total. The van der Waals surface area contributed by atoms with Gasteiger partial charge in [0, 0.05) is 6.42 Å². The highest BCUT2D eigenvalue weighted by molar-refractivity contribution is 5.66. The standard InChI is InChI=1S/C20H30O4/c1-2-3-4-5-6-7-8-9-10-13-16-19(24-23)17-14-11-12-15-18-20(21)22/h3-4,6-7,9-11,13-14,16,19,23H,2,5,8,12,15,17-18H2,1H3,(H,21,22)/b4-3-,7-6-,10-9-,14-11-,16-13+. The van der Waals surface area contributed by atoms with Gasteiger partial charge in [-0.25, -0.2) is 4.89 Å². The summed E-state index contributed by atoms with van der Waals surface area (Å²) >= 11 is 0. The van der Waals surface area contributed by atoms with Crippen LogP contribution in [0.25, 0.3) is 0 Å². The number of hydrogen-bond donors (Lipinski definition) is 2. The van der Waals surface area contributed by atoms with Gasteiger partial charge in [-0.3, -0.25) is 10.1 Å². The van der Waals surface area contributed by atoms with Crippen molar-refractivity contribution in [2.75, 3.05) is 0 Å². The van der Waals surface area contributed by atoms with Crippen molar-refractivity contribution >= 4 is 5.97 Å². The van der Waals surface area contributed by atoms with Crippen molar-refractivity contribution in [1.29, 1.82) is 0 Å². The molecule has 134 valence electrons. The summed E-state index contributed by atoms with van der Waals surface area (Å²) in [6, 6.07) is 0. The maximum Gasteiger partial charge on any atom is 0.303 e. The SMILES string of the molecule is CC/C=C\C/C=C\C/C=C\C=C\C(C/C=C\CCCC(=O)O)OO. The van der Waals surface area contributed by atoms with E-state index in [1.165, 1.54) is 0 Å². The van der Waals surface area contributed by atoms with Gasteiger partial charge in [-0.15, -0.1) is 0 Å². The summed E-state index contributed by atoms with van der Waals surface area (Å²) in [6.45, 7) is 2.12. The molecule has 0 spiro atoms. The van der Waals surface area contributed by atoms with E-state index < -0.39 is 5.97 Å². The maximum atomic E-state index is 10.4. The molecule has 1 atom stereocenters. The molecule has 0 aromatic heterocycles. The van der Waals surface area contributed by atoms with E-state index in [-0.39, 0.29) is 12.5 Å². The summed E-state index contributed by atoms with van der Waals surface area (Å²) in [7, 11) is 0. The quantitative estimate of drug-likeness (QED) is 0.145. The molecular weight excluding hydrogens is 304 g/mol. The smallest absolute Gasteiger partial charge is 0.303 e. The average Bonchev–Trinajstić information content (AvgIpc) is 2.57. The van der Waals surface area contributed by atoms with E-state index in [4.69, 9.17) is 10.4 Å². The molecule has 0 aliphatic rings. The van der Waals surface area contributed by atoms with E-state index in [0.717, 1.165) is 19.3 Å². The molecule has 0 aromatic rings. The Balaban J connectivity index is 3.86. The van der Waals surface area contributed by atoms with Crippen molar-refractivity contribution in [3.8, 4) is 0 Å². The number of carboxylic acids is 1. The number of rotatable bonds is 14. The zero-order chi connectivity index (χ0) is 17.9. The highest BCUT2D eigenvalue weighted by Gasteiger charge is 2.00. The summed E-state index contributed by atoms with van der Waals surface area (Å²) in [5, 5.41) is 17.4. The van der Waals surface area contributed by atoms with Gasteiger partial charge < -0.3 is 5.11 Å². The Bertz CT molecular complexity index is 445. The van der Waals surface area contributed by atoms with Crippen molar-refractivity contribution in [1.82, 2.24) is 0 Å². The topological polar surface area (TPSA) is 66.8 Å². The molecule has 1 unspecified atom stereocenters. The first-order chi connectivity index (χ1) is 11.7. The lowest BCUT2D eigenvalue weighted by atomic mass is 10.2. The molecule has 0 fully saturated rings. The Kier molecular flexibility index (Phi) is 16.1. The summed E-state index contributed by atoms with van der Waals surface area (Å²) in [6.07, 6.45) is 24.5. The number of carbonyl (C=O) groups is 1. The van der Waals surface area contributed by atoms with Crippen LogP contribution >= 0.6 is 0 Å². The van der Waals surface area contributed by atoms with Crippen LogP contribution in [0, 0.1) is 0 Å². The third-order valence-corrected chi connectivity index (χ3v) is 3.12. The summed E-state index contributed by atoms with van der Waals surface area (Å²) in [5.41, 5.74) is 0. The first kappa shape index (κ1) is 22.1. The molecule has 0 rings (SSSR count). The Morgan fingerprint density at radius 2 is 1.71 bits per heavy atom. The predicted octanol–water partition coefficient (Wildman–Crippen LogP) is 5.46. The second-order valence-electron chi connectivity index (χ2n) is 5.27. The van der Waals surface area contributed by atoms with Crippen LogP contribution < -0.4 is 0 Å². The number of hydrogen-bond acceptors (Lipinski definition) is 3. The van der Waals surface area contributed by atoms with Crippen molar-refractivity contribution in [3.05, 3.63) is 60.8 Å². The number of allylic oxidation sites excluding steroid dienone is 8. The van der Waals surface area contributed by atoms with Crippen LogP contribution in [0.1, 0.15) is 51.9 Å². The van der Waals surface area contributed by atoms with Gasteiger partial charge in [0.15, 0.2) is 0 Å². The van der Waals surface area contributed by atoms with Crippen LogP contribution in [-0.4, -0.2) is 22.4 Å². The lowest BCUT2D eigenvalue weighted by Gasteiger charge is -2.04. The minimum absolute atomic E-state index is 0.179.